The molecule has 0 saturated heterocycles. The van der Waals surface area contributed by atoms with Gasteiger partial charge in [-0.3, -0.25) is 9.59 Å². The number of ketones is 2. The summed E-state index contributed by atoms with van der Waals surface area (Å²) in [6.45, 7) is 28.3. The topological polar surface area (TPSA) is 86.7 Å². The molecule has 0 aliphatic heterocycles. The SMILES string of the molecule is CC(C)(C)c1ccc([I-]c2ccc(C(C)(C)C)cc2)cc1.CC(C)(C)c1ccc([I-]c2ccc(C(C)(C)C)cc2)cc1.CC(F)(F)C(=O)OC12CC3CC(C1)C(=O)C(C3)C2.CC(F)(F)C(=O)OC12CC3CC(C1)C(=O)C(C3)C2.[Cl-]. The van der Waals surface area contributed by atoms with Crippen LogP contribution in [0.2, 0.25) is 0 Å². The van der Waals surface area contributed by atoms with Crippen molar-refractivity contribution in [3.05, 3.63) is 134 Å². The Balaban J connectivity index is 0.000000170. The van der Waals surface area contributed by atoms with Crippen LogP contribution in [0.5, 0.6) is 0 Å². The van der Waals surface area contributed by atoms with E-state index < -0.39 is 35.0 Å². The van der Waals surface area contributed by atoms with Crippen molar-refractivity contribution in [3.8, 4) is 0 Å². The van der Waals surface area contributed by atoms with E-state index in [2.05, 4.69) is 180 Å². The van der Waals surface area contributed by atoms with E-state index in [4.69, 9.17) is 9.47 Å². The van der Waals surface area contributed by atoms with E-state index in [1.165, 1.54) is 36.5 Å². The average molecular weight is 1340 g/mol. The molecule has 4 aromatic rings. The van der Waals surface area contributed by atoms with Gasteiger partial charge in [-0.1, -0.05) is 0 Å². The fourth-order valence-corrected chi connectivity index (χ4v) is 16.8. The van der Waals surface area contributed by atoms with Gasteiger partial charge in [-0.15, -0.1) is 0 Å². The number of Topliss-reactive ketones (excluding diaryl/α,β-unsaturated/α-hetero) is 2. The Labute approximate surface area is 495 Å². The average Bonchev–Trinajstić information content (AvgIpc) is 3.38. The number of rotatable bonds is 8. The molecule has 8 aliphatic rings. The second kappa shape index (κ2) is 24.5. The van der Waals surface area contributed by atoms with E-state index in [0.29, 0.717) is 64.2 Å². The molecule has 0 heterocycles. The minimum Gasteiger partial charge on any atom is -1.00 e. The summed E-state index contributed by atoms with van der Waals surface area (Å²) in [6.07, 6.45) is 6.45. The van der Waals surface area contributed by atoms with Crippen LogP contribution in [0.1, 0.15) is 183 Å². The molecule has 8 fully saturated rings. The van der Waals surface area contributed by atoms with Gasteiger partial charge in [0.15, 0.2) is 0 Å². The van der Waals surface area contributed by atoms with Gasteiger partial charge < -0.3 is 21.9 Å². The Morgan fingerprint density at radius 2 is 0.595 bits per heavy atom. The van der Waals surface area contributed by atoms with Crippen LogP contribution in [-0.2, 0) is 50.3 Å². The molecule has 436 valence electrons. The number of hydrogen-bond donors (Lipinski definition) is 0. The summed E-state index contributed by atoms with van der Waals surface area (Å²) < 4.78 is 68.0. The van der Waals surface area contributed by atoms with Crippen LogP contribution in [0.15, 0.2) is 97.1 Å². The van der Waals surface area contributed by atoms with E-state index in [0.717, 1.165) is 25.7 Å². The van der Waals surface area contributed by atoms with Crippen LogP contribution in [0.3, 0.4) is 0 Å². The summed E-state index contributed by atoms with van der Waals surface area (Å²) in [4.78, 5) is 46.6. The summed E-state index contributed by atoms with van der Waals surface area (Å²) in [5, 5.41) is 0. The van der Waals surface area contributed by atoms with Crippen molar-refractivity contribution in [3.63, 3.8) is 0 Å². The first-order chi connectivity index (χ1) is 35.9. The summed E-state index contributed by atoms with van der Waals surface area (Å²) >= 11 is -0.141. The van der Waals surface area contributed by atoms with Gasteiger partial charge in [-0.25, -0.2) is 9.59 Å². The van der Waals surface area contributed by atoms with Crippen molar-refractivity contribution in [2.24, 2.45) is 35.5 Å². The first-order valence-corrected chi connectivity index (χ1v) is 32.2. The standard InChI is InChI=1S/2C20H26I.2C13H16F2O3.ClH/c2*1-19(2,3)15-7-11-17(12-8-15)21-18-13-9-16(10-14-18)20(4,5)6;2*1-12(14,15)11(17)18-13-4-7-2-8(5-13)10(16)9(3-7)6-13;/h2*7-14H,1-6H3;2*7-9H,2-6H2,1H3;1H/q2*-1;;;/p-1. The fourth-order valence-electron chi connectivity index (χ4n) is 12.5. The molecule has 79 heavy (non-hydrogen) atoms. The van der Waals surface area contributed by atoms with Crippen LogP contribution in [0, 0.1) is 49.8 Å². The minimum atomic E-state index is -3.45. The van der Waals surface area contributed by atoms with E-state index in [9.17, 15) is 36.7 Å². The third-order valence-electron chi connectivity index (χ3n) is 16.5. The van der Waals surface area contributed by atoms with Gasteiger partial charge in [-0.05, 0) is 76.0 Å². The molecule has 0 amide bonds. The second-order valence-corrected chi connectivity index (χ2v) is 33.7. The van der Waals surface area contributed by atoms with Gasteiger partial charge in [0.2, 0.25) is 0 Å². The Kier molecular flexibility index (Phi) is 20.1. The van der Waals surface area contributed by atoms with Crippen molar-refractivity contribution in [1.82, 2.24) is 0 Å². The largest absolute Gasteiger partial charge is 1.00 e. The van der Waals surface area contributed by atoms with Gasteiger partial charge in [-0.2, -0.15) is 17.6 Å². The molecule has 4 unspecified atom stereocenters. The van der Waals surface area contributed by atoms with Gasteiger partial charge in [0, 0.05) is 37.5 Å². The van der Waals surface area contributed by atoms with Crippen LogP contribution in [0.25, 0.3) is 0 Å². The molecule has 12 rings (SSSR count). The van der Waals surface area contributed by atoms with Crippen molar-refractivity contribution in [2.75, 3.05) is 0 Å². The number of ether oxygens (including phenoxy) is 2. The number of halogens is 7. The van der Waals surface area contributed by atoms with Gasteiger partial charge >= 0.3 is 305 Å². The predicted molar refractivity (Wildman–Crippen MR) is 291 cm³/mol. The number of esters is 2. The fraction of sp³-hybridized carbons (Fsp3) is 0.576. The molecule has 8 aliphatic carbocycles. The molecule has 0 radical (unpaired) electrons. The molecule has 0 spiro atoms. The van der Waals surface area contributed by atoms with Gasteiger partial charge in [0.1, 0.15) is 22.8 Å². The van der Waals surface area contributed by atoms with Crippen LogP contribution in [-0.4, -0.2) is 46.6 Å². The number of alkyl halides is 4. The monoisotopic (exact) mass is 1340 g/mol. The normalized spacial score (nSPS) is 25.9. The molecular formula is C66H84ClF4I2O6-3. The number of hydrogen-bond acceptors (Lipinski definition) is 6. The number of benzene rings is 4. The first-order valence-electron chi connectivity index (χ1n) is 27.9. The molecule has 8 bridgehead atoms. The number of carbonyl (C=O) groups excluding carboxylic acids is 4. The predicted octanol–water partition coefficient (Wildman–Crippen LogP) is 6.49. The third-order valence-corrected chi connectivity index (χ3v) is 21.9. The summed E-state index contributed by atoms with van der Waals surface area (Å²) in [5.41, 5.74) is 5.04. The molecule has 0 N–H and O–H groups in total. The van der Waals surface area contributed by atoms with Crippen molar-refractivity contribution >= 4 is 23.5 Å². The zero-order valence-electron chi connectivity index (χ0n) is 48.9. The summed E-state index contributed by atoms with van der Waals surface area (Å²) in [5.74, 6) is -8.87. The second-order valence-electron chi connectivity index (χ2n) is 27.6. The van der Waals surface area contributed by atoms with Crippen LogP contribution < -0.4 is 54.8 Å². The van der Waals surface area contributed by atoms with Crippen molar-refractivity contribution in [1.29, 1.82) is 0 Å². The molecule has 8 saturated carbocycles. The van der Waals surface area contributed by atoms with Gasteiger partial charge in [0.05, 0.1) is 0 Å². The zero-order chi connectivity index (χ0) is 57.6. The molecular weight excluding hydrogens is 1250 g/mol. The Morgan fingerprint density at radius 1 is 0.392 bits per heavy atom. The van der Waals surface area contributed by atoms with Crippen LogP contribution >= 0.6 is 0 Å². The van der Waals surface area contributed by atoms with Crippen LogP contribution in [0.4, 0.5) is 17.6 Å². The quantitative estimate of drug-likeness (QED) is 0.114. The Hall–Kier alpha value is -3.37. The smallest absolute Gasteiger partial charge is 0.377 e. The van der Waals surface area contributed by atoms with Crippen molar-refractivity contribution < 1.29 is 101 Å². The maximum absolute atomic E-state index is 12.9. The molecule has 6 nitrogen and oxygen atoms in total. The van der Waals surface area contributed by atoms with E-state index in [-0.39, 0.29) is 112 Å². The van der Waals surface area contributed by atoms with E-state index in [1.54, 1.807) is 0 Å². The molecule has 0 aromatic heterocycles. The van der Waals surface area contributed by atoms with Gasteiger partial charge in [0.25, 0.3) is 0 Å². The molecule has 4 atom stereocenters. The molecule has 13 heteroatoms. The summed E-state index contributed by atoms with van der Waals surface area (Å²) in [6, 6.07) is 36.8. The van der Waals surface area contributed by atoms with Crippen molar-refractivity contribution in [2.45, 2.75) is 206 Å². The maximum Gasteiger partial charge on any atom is 0.377 e. The minimum absolute atomic E-state index is 0. The maximum atomic E-state index is 12.9. The molecule has 4 aromatic carbocycles. The summed E-state index contributed by atoms with van der Waals surface area (Å²) in [7, 11) is 0. The van der Waals surface area contributed by atoms with E-state index >= 15 is 0 Å². The Bertz CT molecular complexity index is 2420. The Morgan fingerprint density at radius 3 is 0.772 bits per heavy atom. The van der Waals surface area contributed by atoms with E-state index in [1.807, 2.05) is 0 Å². The number of carbonyl (C=O) groups is 4. The zero-order valence-corrected chi connectivity index (χ0v) is 53.9. The first kappa shape index (κ1) is 64.8. The third kappa shape index (κ3) is 16.9.